The SMILES string of the molecule is Cc1cccc(Oc2c(CN(C[C@@H](O)COC(C)C)C(C)C)c(-c3ccccc3)nn2C)c1. The summed E-state index contributed by atoms with van der Waals surface area (Å²) in [5.41, 5.74) is 4.06. The molecule has 0 bridgehead atoms. The average molecular weight is 452 g/mol. The van der Waals surface area contributed by atoms with E-state index in [0.29, 0.717) is 25.6 Å². The molecule has 0 aliphatic rings. The summed E-state index contributed by atoms with van der Waals surface area (Å²) in [4.78, 5) is 2.24. The highest BCUT2D eigenvalue weighted by molar-refractivity contribution is 5.65. The van der Waals surface area contributed by atoms with Crippen LogP contribution < -0.4 is 4.74 Å². The number of rotatable bonds is 11. The number of hydrogen-bond donors (Lipinski definition) is 1. The molecule has 0 fully saturated rings. The molecule has 6 heteroatoms. The Hall–Kier alpha value is -2.67. The van der Waals surface area contributed by atoms with Gasteiger partial charge in [0, 0.05) is 31.7 Å². The topological polar surface area (TPSA) is 59.8 Å². The van der Waals surface area contributed by atoms with E-state index in [1.54, 1.807) is 4.68 Å². The maximum absolute atomic E-state index is 10.6. The molecule has 1 N–H and O–H groups in total. The van der Waals surface area contributed by atoms with Gasteiger partial charge in [-0.2, -0.15) is 5.10 Å². The summed E-state index contributed by atoms with van der Waals surface area (Å²) in [7, 11) is 1.91. The van der Waals surface area contributed by atoms with Gasteiger partial charge in [-0.15, -0.1) is 0 Å². The second kappa shape index (κ2) is 11.5. The van der Waals surface area contributed by atoms with Gasteiger partial charge in [0.2, 0.25) is 5.88 Å². The van der Waals surface area contributed by atoms with Gasteiger partial charge in [-0.1, -0.05) is 42.5 Å². The van der Waals surface area contributed by atoms with E-state index in [2.05, 4.69) is 30.9 Å². The van der Waals surface area contributed by atoms with Crippen LogP contribution in [0.5, 0.6) is 11.6 Å². The van der Waals surface area contributed by atoms with E-state index >= 15 is 0 Å². The number of aromatic nitrogens is 2. The zero-order valence-electron chi connectivity index (χ0n) is 20.7. The molecule has 0 unspecified atom stereocenters. The Balaban J connectivity index is 1.95. The van der Waals surface area contributed by atoms with Gasteiger partial charge in [-0.25, -0.2) is 4.68 Å². The first-order chi connectivity index (χ1) is 15.7. The molecule has 33 heavy (non-hydrogen) atoms. The molecule has 6 nitrogen and oxygen atoms in total. The maximum Gasteiger partial charge on any atom is 0.222 e. The fourth-order valence-electron chi connectivity index (χ4n) is 3.73. The first kappa shape index (κ1) is 25.0. The Morgan fingerprint density at radius 3 is 2.39 bits per heavy atom. The zero-order valence-corrected chi connectivity index (χ0v) is 20.7. The summed E-state index contributed by atoms with van der Waals surface area (Å²) < 4.78 is 13.8. The molecule has 3 rings (SSSR count). The monoisotopic (exact) mass is 451 g/mol. The molecular formula is C27H37N3O3. The van der Waals surface area contributed by atoms with Gasteiger partial charge in [0.1, 0.15) is 11.4 Å². The van der Waals surface area contributed by atoms with Gasteiger partial charge in [0.05, 0.1) is 24.4 Å². The summed E-state index contributed by atoms with van der Waals surface area (Å²) in [5, 5.41) is 15.4. The highest BCUT2D eigenvalue weighted by atomic mass is 16.5. The van der Waals surface area contributed by atoms with E-state index < -0.39 is 6.10 Å². The lowest BCUT2D eigenvalue weighted by molar-refractivity contribution is -0.0137. The van der Waals surface area contributed by atoms with Crippen LogP contribution in [-0.2, 0) is 18.3 Å². The van der Waals surface area contributed by atoms with Gasteiger partial charge in [-0.3, -0.25) is 4.90 Å². The first-order valence-corrected chi connectivity index (χ1v) is 11.6. The van der Waals surface area contributed by atoms with Crippen molar-refractivity contribution in [3.63, 3.8) is 0 Å². The summed E-state index contributed by atoms with van der Waals surface area (Å²) in [6, 6.07) is 18.4. The van der Waals surface area contributed by atoms with E-state index in [0.717, 1.165) is 28.1 Å². The van der Waals surface area contributed by atoms with Crippen LogP contribution in [0.15, 0.2) is 54.6 Å². The number of nitrogens with zero attached hydrogens (tertiary/aromatic N) is 3. The summed E-state index contributed by atoms with van der Waals surface area (Å²) in [6.45, 7) is 11.7. The molecule has 0 saturated carbocycles. The van der Waals surface area contributed by atoms with E-state index in [9.17, 15) is 5.11 Å². The lowest BCUT2D eigenvalue weighted by Crippen LogP contribution is -2.39. The van der Waals surface area contributed by atoms with Crippen LogP contribution in [0.2, 0.25) is 0 Å². The predicted octanol–water partition coefficient (Wildman–Crippen LogP) is 5.18. The third-order valence-electron chi connectivity index (χ3n) is 5.50. The second-order valence-electron chi connectivity index (χ2n) is 9.10. The Morgan fingerprint density at radius 2 is 1.76 bits per heavy atom. The van der Waals surface area contributed by atoms with Gasteiger partial charge in [-0.05, 0) is 52.3 Å². The van der Waals surface area contributed by atoms with Crippen molar-refractivity contribution in [3.05, 3.63) is 65.7 Å². The fraction of sp³-hybridized carbons (Fsp3) is 0.444. The fourth-order valence-corrected chi connectivity index (χ4v) is 3.73. The van der Waals surface area contributed by atoms with Crippen LogP contribution in [0.1, 0.15) is 38.8 Å². The van der Waals surface area contributed by atoms with Crippen molar-refractivity contribution < 1.29 is 14.6 Å². The molecular weight excluding hydrogens is 414 g/mol. The molecule has 1 heterocycles. The highest BCUT2D eigenvalue weighted by Crippen LogP contribution is 2.34. The lowest BCUT2D eigenvalue weighted by atomic mass is 10.1. The van der Waals surface area contributed by atoms with Crippen molar-refractivity contribution in [1.82, 2.24) is 14.7 Å². The highest BCUT2D eigenvalue weighted by Gasteiger charge is 2.24. The minimum atomic E-state index is -0.576. The van der Waals surface area contributed by atoms with Crippen LogP contribution in [-0.4, -0.2) is 51.2 Å². The molecule has 0 spiro atoms. The van der Waals surface area contributed by atoms with Gasteiger partial charge in [0.25, 0.3) is 0 Å². The van der Waals surface area contributed by atoms with Gasteiger partial charge >= 0.3 is 0 Å². The van der Waals surface area contributed by atoms with Crippen molar-refractivity contribution in [2.75, 3.05) is 13.2 Å². The molecule has 0 radical (unpaired) electrons. The van der Waals surface area contributed by atoms with E-state index in [1.807, 2.05) is 70.3 Å². The quantitative estimate of drug-likeness (QED) is 0.435. The van der Waals surface area contributed by atoms with Crippen molar-refractivity contribution in [1.29, 1.82) is 0 Å². The number of aryl methyl sites for hydroxylation is 2. The largest absolute Gasteiger partial charge is 0.439 e. The Kier molecular flexibility index (Phi) is 8.67. The van der Waals surface area contributed by atoms with E-state index in [1.165, 1.54) is 0 Å². The van der Waals surface area contributed by atoms with Gasteiger partial charge in [0.15, 0.2) is 0 Å². The molecule has 1 aromatic heterocycles. The van der Waals surface area contributed by atoms with Gasteiger partial charge < -0.3 is 14.6 Å². The summed E-state index contributed by atoms with van der Waals surface area (Å²) in [6.07, 6.45) is -0.489. The lowest BCUT2D eigenvalue weighted by Gasteiger charge is -2.29. The minimum Gasteiger partial charge on any atom is -0.439 e. The molecule has 1 atom stereocenters. The number of hydrogen-bond acceptors (Lipinski definition) is 5. The normalized spacial score (nSPS) is 12.7. The first-order valence-electron chi connectivity index (χ1n) is 11.6. The zero-order chi connectivity index (χ0) is 24.0. The smallest absolute Gasteiger partial charge is 0.222 e. The van der Waals surface area contributed by atoms with Crippen molar-refractivity contribution >= 4 is 0 Å². The van der Waals surface area contributed by atoms with Crippen LogP contribution in [0, 0.1) is 6.92 Å². The average Bonchev–Trinajstić information content (AvgIpc) is 3.07. The molecule has 0 saturated heterocycles. The van der Waals surface area contributed by atoms with Crippen molar-refractivity contribution in [3.8, 4) is 22.9 Å². The van der Waals surface area contributed by atoms with Crippen LogP contribution in [0.4, 0.5) is 0 Å². The Morgan fingerprint density at radius 1 is 1.03 bits per heavy atom. The van der Waals surface area contributed by atoms with Crippen LogP contribution >= 0.6 is 0 Å². The van der Waals surface area contributed by atoms with E-state index in [4.69, 9.17) is 14.6 Å². The number of aliphatic hydroxyl groups is 1. The van der Waals surface area contributed by atoms with Crippen LogP contribution in [0.25, 0.3) is 11.3 Å². The summed E-state index contributed by atoms with van der Waals surface area (Å²) >= 11 is 0. The number of aliphatic hydroxyl groups excluding tert-OH is 1. The number of ether oxygens (including phenoxy) is 2. The predicted molar refractivity (Wildman–Crippen MR) is 133 cm³/mol. The maximum atomic E-state index is 10.6. The Labute approximate surface area is 197 Å². The summed E-state index contributed by atoms with van der Waals surface area (Å²) in [5.74, 6) is 1.48. The van der Waals surface area contributed by atoms with E-state index in [-0.39, 0.29) is 12.1 Å². The minimum absolute atomic E-state index is 0.0875. The molecule has 0 amide bonds. The molecule has 3 aromatic rings. The third-order valence-corrected chi connectivity index (χ3v) is 5.50. The van der Waals surface area contributed by atoms with Crippen molar-refractivity contribution in [2.45, 2.75) is 59.4 Å². The molecule has 0 aliphatic carbocycles. The van der Waals surface area contributed by atoms with Crippen molar-refractivity contribution in [2.24, 2.45) is 7.05 Å². The van der Waals surface area contributed by atoms with Crippen LogP contribution in [0.3, 0.4) is 0 Å². The molecule has 0 aliphatic heterocycles. The second-order valence-corrected chi connectivity index (χ2v) is 9.10. The standard InChI is InChI=1S/C27H37N3O3/c1-19(2)30(16-23(31)18-32-20(3)4)17-25-26(22-12-8-7-9-13-22)28-29(6)27(25)33-24-14-10-11-21(5)15-24/h7-15,19-20,23,31H,16-18H2,1-6H3/t23-/m1/s1. The molecule has 2 aromatic carbocycles. The molecule has 178 valence electrons. The number of benzene rings is 2. The Bertz CT molecular complexity index is 1010. The third kappa shape index (κ3) is 6.90.